The Labute approximate surface area is 105 Å². The highest BCUT2D eigenvalue weighted by Crippen LogP contribution is 2.25. The number of rotatable bonds is 8. The molecule has 0 amide bonds. The van der Waals surface area contributed by atoms with Crippen LogP contribution in [0, 0.1) is 0 Å². The summed E-state index contributed by atoms with van der Waals surface area (Å²) in [7, 11) is 1.79. The second kappa shape index (κ2) is 8.86. The van der Waals surface area contributed by atoms with Crippen molar-refractivity contribution in [3.8, 4) is 0 Å². The Kier molecular flexibility index (Phi) is 7.77. The minimum absolute atomic E-state index is 0.246. The molecule has 102 valence electrons. The van der Waals surface area contributed by atoms with Gasteiger partial charge in [0.05, 0.1) is 6.10 Å². The van der Waals surface area contributed by atoms with Crippen LogP contribution in [0.2, 0.25) is 0 Å². The SMILES string of the molecule is COC1CCCC(N(CCCO)CCCO)C1. The quantitative estimate of drug-likeness (QED) is 0.670. The van der Waals surface area contributed by atoms with E-state index in [4.69, 9.17) is 14.9 Å². The van der Waals surface area contributed by atoms with Gasteiger partial charge in [0.25, 0.3) is 0 Å². The van der Waals surface area contributed by atoms with Crippen LogP contribution < -0.4 is 0 Å². The number of aliphatic hydroxyl groups is 2. The van der Waals surface area contributed by atoms with E-state index >= 15 is 0 Å². The highest BCUT2D eigenvalue weighted by Gasteiger charge is 2.25. The molecule has 1 rings (SSSR count). The van der Waals surface area contributed by atoms with Crippen LogP contribution >= 0.6 is 0 Å². The van der Waals surface area contributed by atoms with Gasteiger partial charge in [-0.2, -0.15) is 0 Å². The highest BCUT2D eigenvalue weighted by atomic mass is 16.5. The first kappa shape index (κ1) is 14.9. The molecule has 1 fully saturated rings. The van der Waals surface area contributed by atoms with Crippen molar-refractivity contribution in [3.05, 3.63) is 0 Å². The van der Waals surface area contributed by atoms with E-state index in [9.17, 15) is 0 Å². The molecule has 0 aromatic rings. The Morgan fingerprint density at radius 2 is 1.76 bits per heavy atom. The molecule has 0 aromatic carbocycles. The molecule has 0 aliphatic heterocycles. The van der Waals surface area contributed by atoms with Gasteiger partial charge in [-0.3, -0.25) is 0 Å². The number of nitrogens with zero attached hydrogens (tertiary/aromatic N) is 1. The standard InChI is InChI=1S/C13H27NO3/c1-17-13-6-2-5-12(11-13)14(7-3-9-15)8-4-10-16/h12-13,15-16H,2-11H2,1H3. The molecule has 0 bridgehead atoms. The van der Waals surface area contributed by atoms with Crippen molar-refractivity contribution in [2.75, 3.05) is 33.4 Å². The maximum Gasteiger partial charge on any atom is 0.0586 e. The van der Waals surface area contributed by atoms with Gasteiger partial charge in [-0.15, -0.1) is 0 Å². The van der Waals surface area contributed by atoms with Crippen molar-refractivity contribution >= 4 is 0 Å². The van der Waals surface area contributed by atoms with E-state index in [-0.39, 0.29) is 13.2 Å². The summed E-state index contributed by atoms with van der Waals surface area (Å²) in [5.74, 6) is 0. The van der Waals surface area contributed by atoms with Crippen molar-refractivity contribution in [1.29, 1.82) is 0 Å². The fourth-order valence-electron chi connectivity index (χ4n) is 2.69. The molecule has 4 heteroatoms. The minimum Gasteiger partial charge on any atom is -0.396 e. The summed E-state index contributed by atoms with van der Waals surface area (Å²) in [5, 5.41) is 17.9. The van der Waals surface area contributed by atoms with Crippen molar-refractivity contribution in [2.45, 2.75) is 50.7 Å². The van der Waals surface area contributed by atoms with E-state index in [1.54, 1.807) is 7.11 Å². The van der Waals surface area contributed by atoms with Crippen molar-refractivity contribution in [3.63, 3.8) is 0 Å². The van der Waals surface area contributed by atoms with Crippen LogP contribution in [0.5, 0.6) is 0 Å². The fourth-order valence-corrected chi connectivity index (χ4v) is 2.69. The monoisotopic (exact) mass is 245 g/mol. The minimum atomic E-state index is 0.246. The van der Waals surface area contributed by atoms with E-state index in [1.165, 1.54) is 19.3 Å². The molecular weight excluding hydrogens is 218 g/mol. The zero-order valence-corrected chi connectivity index (χ0v) is 11.0. The van der Waals surface area contributed by atoms with Gasteiger partial charge < -0.3 is 19.8 Å². The van der Waals surface area contributed by atoms with E-state index < -0.39 is 0 Å². The predicted octanol–water partition coefficient (Wildman–Crippen LogP) is 1.01. The van der Waals surface area contributed by atoms with Crippen LogP contribution in [0.15, 0.2) is 0 Å². The number of methoxy groups -OCH3 is 1. The molecule has 1 saturated carbocycles. The van der Waals surface area contributed by atoms with E-state index in [0.29, 0.717) is 12.1 Å². The second-order valence-corrected chi connectivity index (χ2v) is 4.87. The summed E-state index contributed by atoms with van der Waals surface area (Å²) in [6.45, 7) is 2.35. The smallest absolute Gasteiger partial charge is 0.0586 e. The molecule has 0 aromatic heterocycles. The first-order valence-corrected chi connectivity index (χ1v) is 6.80. The lowest BCUT2D eigenvalue weighted by atomic mass is 9.91. The lowest BCUT2D eigenvalue weighted by Crippen LogP contribution is -2.42. The van der Waals surface area contributed by atoms with Crippen molar-refractivity contribution < 1.29 is 14.9 Å². The normalized spacial score (nSPS) is 25.4. The first-order valence-electron chi connectivity index (χ1n) is 6.80. The third-order valence-electron chi connectivity index (χ3n) is 3.66. The van der Waals surface area contributed by atoms with Gasteiger partial charge in [0.1, 0.15) is 0 Å². The number of ether oxygens (including phenoxy) is 1. The molecule has 0 heterocycles. The Morgan fingerprint density at radius 3 is 2.29 bits per heavy atom. The summed E-state index contributed by atoms with van der Waals surface area (Å²) in [5.41, 5.74) is 0. The van der Waals surface area contributed by atoms with Crippen LogP contribution in [-0.4, -0.2) is 60.7 Å². The fraction of sp³-hybridized carbons (Fsp3) is 1.00. The van der Waals surface area contributed by atoms with Gasteiger partial charge in [-0.1, -0.05) is 0 Å². The van der Waals surface area contributed by atoms with Crippen LogP contribution in [-0.2, 0) is 4.74 Å². The molecule has 0 spiro atoms. The maximum atomic E-state index is 8.94. The van der Waals surface area contributed by atoms with E-state index in [1.807, 2.05) is 0 Å². The van der Waals surface area contributed by atoms with E-state index in [0.717, 1.165) is 32.4 Å². The zero-order valence-electron chi connectivity index (χ0n) is 11.0. The number of hydrogen-bond donors (Lipinski definition) is 2. The Balaban J connectivity index is 2.42. The molecule has 2 N–H and O–H groups in total. The predicted molar refractivity (Wildman–Crippen MR) is 68.0 cm³/mol. The van der Waals surface area contributed by atoms with Gasteiger partial charge in [0.2, 0.25) is 0 Å². The summed E-state index contributed by atoms with van der Waals surface area (Å²) >= 11 is 0. The van der Waals surface area contributed by atoms with Gasteiger partial charge in [0, 0.05) is 39.5 Å². The number of hydrogen-bond acceptors (Lipinski definition) is 4. The molecule has 1 aliphatic carbocycles. The van der Waals surface area contributed by atoms with Gasteiger partial charge in [-0.25, -0.2) is 0 Å². The molecule has 0 saturated heterocycles. The Bertz CT molecular complexity index is 182. The summed E-state index contributed by atoms with van der Waals surface area (Å²) in [6, 6.07) is 0.562. The van der Waals surface area contributed by atoms with Crippen molar-refractivity contribution in [2.24, 2.45) is 0 Å². The zero-order chi connectivity index (χ0) is 12.5. The highest BCUT2D eigenvalue weighted by molar-refractivity contribution is 4.80. The number of aliphatic hydroxyl groups excluding tert-OH is 2. The average molecular weight is 245 g/mol. The largest absolute Gasteiger partial charge is 0.396 e. The molecule has 0 radical (unpaired) electrons. The molecule has 17 heavy (non-hydrogen) atoms. The van der Waals surface area contributed by atoms with Crippen LogP contribution in [0.1, 0.15) is 38.5 Å². The Hall–Kier alpha value is -0.160. The van der Waals surface area contributed by atoms with Gasteiger partial charge in [-0.05, 0) is 38.5 Å². The topological polar surface area (TPSA) is 52.9 Å². The summed E-state index contributed by atoms with van der Waals surface area (Å²) < 4.78 is 5.46. The Morgan fingerprint density at radius 1 is 1.12 bits per heavy atom. The van der Waals surface area contributed by atoms with Gasteiger partial charge in [0.15, 0.2) is 0 Å². The lowest BCUT2D eigenvalue weighted by Gasteiger charge is -2.37. The third kappa shape index (κ3) is 5.34. The third-order valence-corrected chi connectivity index (χ3v) is 3.66. The second-order valence-electron chi connectivity index (χ2n) is 4.87. The molecule has 4 nitrogen and oxygen atoms in total. The maximum absolute atomic E-state index is 8.94. The lowest BCUT2D eigenvalue weighted by molar-refractivity contribution is 0.0248. The average Bonchev–Trinajstić information content (AvgIpc) is 2.39. The van der Waals surface area contributed by atoms with Crippen LogP contribution in [0.4, 0.5) is 0 Å². The summed E-state index contributed by atoms with van der Waals surface area (Å²) in [4.78, 5) is 2.41. The molecular formula is C13H27NO3. The first-order chi connectivity index (χ1) is 8.31. The van der Waals surface area contributed by atoms with E-state index in [2.05, 4.69) is 4.90 Å². The molecule has 2 atom stereocenters. The molecule has 1 aliphatic rings. The van der Waals surface area contributed by atoms with Crippen LogP contribution in [0.25, 0.3) is 0 Å². The van der Waals surface area contributed by atoms with Crippen LogP contribution in [0.3, 0.4) is 0 Å². The van der Waals surface area contributed by atoms with Crippen molar-refractivity contribution in [1.82, 2.24) is 4.90 Å². The summed E-state index contributed by atoms with van der Waals surface area (Å²) in [6.07, 6.45) is 6.72. The van der Waals surface area contributed by atoms with Gasteiger partial charge >= 0.3 is 0 Å². The molecule has 2 unspecified atom stereocenters.